The lowest BCUT2D eigenvalue weighted by atomic mass is 9.68. The van der Waals surface area contributed by atoms with E-state index in [1.54, 1.807) is 0 Å². The molecule has 1 atom stereocenters. The van der Waals surface area contributed by atoms with Crippen LogP contribution in [0.2, 0.25) is 0 Å². The molecule has 1 saturated heterocycles. The molecule has 1 aromatic heterocycles. The van der Waals surface area contributed by atoms with Gasteiger partial charge in [-0.3, -0.25) is 4.98 Å². The van der Waals surface area contributed by atoms with Gasteiger partial charge >= 0.3 is 0 Å². The van der Waals surface area contributed by atoms with Crippen molar-refractivity contribution in [3.63, 3.8) is 0 Å². The van der Waals surface area contributed by atoms with Crippen LogP contribution < -0.4 is 5.32 Å². The molecule has 2 heterocycles. The Balaban J connectivity index is 1.40. The number of hydrogen-bond acceptors (Lipinski definition) is 3. The maximum Gasteiger partial charge on any atom is 0.0691 e. The number of ether oxygens (including phenoxy) is 1. The van der Waals surface area contributed by atoms with Gasteiger partial charge in [-0.2, -0.15) is 0 Å². The molecule has 1 aromatic carbocycles. The van der Waals surface area contributed by atoms with Crippen molar-refractivity contribution in [2.75, 3.05) is 19.7 Å². The second kappa shape index (κ2) is 9.06. The molecule has 1 spiro atoms. The van der Waals surface area contributed by atoms with Crippen molar-refractivity contribution < 1.29 is 4.74 Å². The summed E-state index contributed by atoms with van der Waals surface area (Å²) in [6.07, 6.45) is 11.4. The Kier molecular flexibility index (Phi) is 6.49. The van der Waals surface area contributed by atoms with Crippen LogP contribution in [0.1, 0.15) is 56.2 Å². The molecule has 1 N–H and O–H groups in total. The zero-order valence-electron chi connectivity index (χ0n) is 16.6. The normalized spacial score (nSPS) is 23.9. The van der Waals surface area contributed by atoms with Gasteiger partial charge in [0.25, 0.3) is 0 Å². The summed E-state index contributed by atoms with van der Waals surface area (Å²) in [5, 5.41) is 3.69. The predicted octanol–water partition coefficient (Wildman–Crippen LogP) is 5.43. The van der Waals surface area contributed by atoms with Gasteiger partial charge in [-0.1, -0.05) is 53.0 Å². The number of halogens is 1. The van der Waals surface area contributed by atoms with Gasteiger partial charge in [0.1, 0.15) is 0 Å². The molecule has 0 radical (unpaired) electrons. The quantitative estimate of drug-likeness (QED) is 0.580. The maximum atomic E-state index is 6.35. The first-order valence-electron chi connectivity index (χ1n) is 10.7. The Labute approximate surface area is 177 Å². The average molecular weight is 443 g/mol. The van der Waals surface area contributed by atoms with Gasteiger partial charge in [-0.05, 0) is 75.4 Å². The van der Waals surface area contributed by atoms with E-state index in [0.717, 1.165) is 45.4 Å². The number of pyridine rings is 1. The molecular weight excluding hydrogens is 412 g/mol. The fourth-order valence-corrected chi connectivity index (χ4v) is 5.66. The fraction of sp³-hybridized carbons (Fsp3) is 0.542. The van der Waals surface area contributed by atoms with Crippen LogP contribution >= 0.6 is 15.9 Å². The van der Waals surface area contributed by atoms with Gasteiger partial charge < -0.3 is 10.1 Å². The highest BCUT2D eigenvalue weighted by Crippen LogP contribution is 2.49. The van der Waals surface area contributed by atoms with Gasteiger partial charge in [0.2, 0.25) is 0 Å². The summed E-state index contributed by atoms with van der Waals surface area (Å²) in [5.41, 5.74) is 2.87. The summed E-state index contributed by atoms with van der Waals surface area (Å²) < 4.78 is 7.55. The average Bonchev–Trinajstić information content (AvgIpc) is 3.17. The first-order valence-corrected chi connectivity index (χ1v) is 11.5. The number of hydrogen-bond donors (Lipinski definition) is 1. The molecule has 4 rings (SSSR count). The van der Waals surface area contributed by atoms with Gasteiger partial charge in [0, 0.05) is 28.4 Å². The van der Waals surface area contributed by atoms with Crippen LogP contribution in [0.4, 0.5) is 0 Å². The van der Waals surface area contributed by atoms with E-state index in [0.29, 0.717) is 0 Å². The minimum atomic E-state index is 0.102. The van der Waals surface area contributed by atoms with Crippen LogP contribution in [0.3, 0.4) is 0 Å². The van der Waals surface area contributed by atoms with Gasteiger partial charge in [0.05, 0.1) is 5.60 Å². The molecule has 2 aromatic rings. The molecule has 0 bridgehead atoms. The Morgan fingerprint density at radius 2 is 1.82 bits per heavy atom. The zero-order chi connectivity index (χ0) is 19.3. The number of rotatable bonds is 7. The first-order chi connectivity index (χ1) is 13.7. The molecule has 28 heavy (non-hydrogen) atoms. The Bertz CT molecular complexity index is 760. The van der Waals surface area contributed by atoms with E-state index < -0.39 is 0 Å². The monoisotopic (exact) mass is 442 g/mol. The summed E-state index contributed by atoms with van der Waals surface area (Å²) in [7, 11) is 0. The number of benzene rings is 1. The second-order valence-electron chi connectivity index (χ2n) is 8.50. The summed E-state index contributed by atoms with van der Waals surface area (Å²) in [4.78, 5) is 4.80. The van der Waals surface area contributed by atoms with Crippen LogP contribution in [0.25, 0.3) is 0 Å². The number of nitrogens with one attached hydrogen (secondary N) is 1. The van der Waals surface area contributed by atoms with Crippen LogP contribution in [0.15, 0.2) is 53.1 Å². The van der Waals surface area contributed by atoms with Gasteiger partial charge in [0.15, 0.2) is 0 Å². The molecule has 4 heteroatoms. The van der Waals surface area contributed by atoms with Crippen LogP contribution in [0.5, 0.6) is 0 Å². The third-order valence-electron chi connectivity index (χ3n) is 6.68. The summed E-state index contributed by atoms with van der Waals surface area (Å²) in [6, 6.07) is 14.9. The van der Waals surface area contributed by atoms with Crippen LogP contribution in [0, 0.1) is 0 Å². The van der Waals surface area contributed by atoms with E-state index in [2.05, 4.69) is 57.6 Å². The molecule has 2 aliphatic rings. The highest BCUT2D eigenvalue weighted by molar-refractivity contribution is 9.10. The van der Waals surface area contributed by atoms with E-state index in [9.17, 15) is 0 Å². The fourth-order valence-electron chi connectivity index (χ4n) is 5.17. The van der Waals surface area contributed by atoms with Crippen molar-refractivity contribution in [2.24, 2.45) is 0 Å². The molecule has 1 aliphatic heterocycles. The van der Waals surface area contributed by atoms with E-state index in [-0.39, 0.29) is 11.0 Å². The largest absolute Gasteiger partial charge is 0.375 e. The SMILES string of the molecule is Brc1ccccc1CCNCC[C@]1(c2ccccn2)CCOC2(CCCC2)C1. The predicted molar refractivity (Wildman–Crippen MR) is 118 cm³/mol. The minimum absolute atomic E-state index is 0.102. The third-order valence-corrected chi connectivity index (χ3v) is 7.46. The standard InChI is InChI=1S/C24H31BrN2O/c25-21-8-2-1-7-20(21)10-16-26-17-13-23(22-9-3-6-15-27-22)14-18-28-24(19-23)11-4-5-12-24/h1-3,6-9,15,26H,4-5,10-14,16-19H2/t23-/m0/s1. The summed E-state index contributed by atoms with van der Waals surface area (Å²) >= 11 is 3.65. The number of nitrogens with zero attached hydrogens (tertiary/aromatic N) is 1. The molecule has 2 fully saturated rings. The van der Waals surface area contributed by atoms with E-state index in [1.165, 1.54) is 41.4 Å². The Hall–Kier alpha value is -1.23. The summed E-state index contributed by atoms with van der Waals surface area (Å²) in [6.45, 7) is 2.90. The molecule has 1 saturated carbocycles. The highest BCUT2D eigenvalue weighted by atomic mass is 79.9. The van der Waals surface area contributed by atoms with Crippen molar-refractivity contribution in [2.45, 2.75) is 62.4 Å². The molecule has 0 unspecified atom stereocenters. The van der Waals surface area contributed by atoms with Gasteiger partial charge in [-0.25, -0.2) is 0 Å². The highest BCUT2D eigenvalue weighted by Gasteiger charge is 2.48. The van der Waals surface area contributed by atoms with Crippen molar-refractivity contribution in [1.82, 2.24) is 10.3 Å². The lowest BCUT2D eigenvalue weighted by molar-refractivity contribution is -0.104. The summed E-state index contributed by atoms with van der Waals surface area (Å²) in [5.74, 6) is 0. The van der Waals surface area contributed by atoms with Crippen molar-refractivity contribution in [1.29, 1.82) is 0 Å². The zero-order valence-corrected chi connectivity index (χ0v) is 18.2. The maximum absolute atomic E-state index is 6.35. The van der Waals surface area contributed by atoms with E-state index in [4.69, 9.17) is 9.72 Å². The van der Waals surface area contributed by atoms with Crippen molar-refractivity contribution in [3.8, 4) is 0 Å². The first kappa shape index (κ1) is 20.1. The topological polar surface area (TPSA) is 34.2 Å². The van der Waals surface area contributed by atoms with E-state index in [1.807, 2.05) is 12.3 Å². The minimum Gasteiger partial charge on any atom is -0.375 e. The number of aromatic nitrogens is 1. The molecule has 150 valence electrons. The van der Waals surface area contributed by atoms with E-state index >= 15 is 0 Å². The molecule has 3 nitrogen and oxygen atoms in total. The third kappa shape index (κ3) is 4.50. The van der Waals surface area contributed by atoms with Crippen molar-refractivity contribution >= 4 is 15.9 Å². The van der Waals surface area contributed by atoms with Crippen LogP contribution in [-0.2, 0) is 16.6 Å². The smallest absolute Gasteiger partial charge is 0.0691 e. The lowest BCUT2D eigenvalue weighted by Gasteiger charge is -2.46. The Morgan fingerprint density at radius 1 is 1.00 bits per heavy atom. The molecule has 1 aliphatic carbocycles. The van der Waals surface area contributed by atoms with Gasteiger partial charge in [-0.15, -0.1) is 0 Å². The lowest BCUT2D eigenvalue weighted by Crippen LogP contribution is -2.47. The molecular formula is C24H31BrN2O. The van der Waals surface area contributed by atoms with Crippen molar-refractivity contribution in [3.05, 3.63) is 64.4 Å². The molecule has 0 amide bonds. The van der Waals surface area contributed by atoms with Crippen LogP contribution in [-0.4, -0.2) is 30.3 Å². The Morgan fingerprint density at radius 3 is 2.61 bits per heavy atom. The second-order valence-corrected chi connectivity index (χ2v) is 9.36.